The highest BCUT2D eigenvalue weighted by molar-refractivity contribution is 5.93. The van der Waals surface area contributed by atoms with Crippen LogP contribution in [0.2, 0.25) is 0 Å². The quantitative estimate of drug-likeness (QED) is 0.753. The molecule has 0 saturated carbocycles. The molecule has 0 aliphatic rings. The smallest absolute Gasteiger partial charge is 0.251 e. The average molecular weight is 386 g/mol. The molecule has 2 aromatic carbocycles. The summed E-state index contributed by atoms with van der Waals surface area (Å²) in [6, 6.07) is 10.7. The summed E-state index contributed by atoms with van der Waals surface area (Å²) in [5, 5.41) is 2.58. The van der Waals surface area contributed by atoms with Crippen LogP contribution < -0.4 is 19.5 Å². The number of nitrogens with zero attached hydrogens (tertiary/aromatic N) is 1. The second-order valence-corrected chi connectivity index (χ2v) is 6.20. The zero-order chi connectivity index (χ0) is 20.7. The third kappa shape index (κ3) is 4.73. The van der Waals surface area contributed by atoms with Gasteiger partial charge in [0.05, 0.1) is 27.8 Å². The Labute approximate surface area is 165 Å². The Morgan fingerprint density at radius 3 is 2.11 bits per heavy atom. The summed E-state index contributed by atoms with van der Waals surface area (Å²) >= 11 is 0. The van der Waals surface area contributed by atoms with Gasteiger partial charge in [-0.3, -0.25) is 9.59 Å². The average Bonchev–Trinajstić information content (AvgIpc) is 2.72. The molecule has 0 heterocycles. The molecular formula is C21H26N2O5. The summed E-state index contributed by atoms with van der Waals surface area (Å²) in [7, 11) is 7.93. The van der Waals surface area contributed by atoms with Gasteiger partial charge in [-0.15, -0.1) is 0 Å². The molecule has 0 aliphatic heterocycles. The maximum atomic E-state index is 12.7. The highest BCUT2D eigenvalue weighted by Crippen LogP contribution is 2.40. The normalized spacial score (nSPS) is 10.2. The number of methoxy groups -OCH3 is 3. The zero-order valence-corrected chi connectivity index (χ0v) is 16.9. The Hall–Kier alpha value is -3.22. The third-order valence-electron chi connectivity index (χ3n) is 4.42. The fourth-order valence-electron chi connectivity index (χ4n) is 2.87. The molecule has 28 heavy (non-hydrogen) atoms. The first kappa shape index (κ1) is 21.1. The van der Waals surface area contributed by atoms with Gasteiger partial charge >= 0.3 is 0 Å². The first-order valence-corrected chi connectivity index (χ1v) is 8.78. The van der Waals surface area contributed by atoms with E-state index >= 15 is 0 Å². The lowest BCUT2D eigenvalue weighted by molar-refractivity contribution is -0.129. The first-order chi connectivity index (χ1) is 13.4. The maximum Gasteiger partial charge on any atom is 0.251 e. The van der Waals surface area contributed by atoms with Crippen LogP contribution in [0.25, 0.3) is 0 Å². The Bertz CT molecular complexity index is 833. The number of benzene rings is 2. The van der Waals surface area contributed by atoms with Crippen LogP contribution in [0.15, 0.2) is 36.4 Å². The molecule has 0 bridgehead atoms. The highest BCUT2D eigenvalue weighted by Gasteiger charge is 2.19. The van der Waals surface area contributed by atoms with Crippen LogP contribution in [0.4, 0.5) is 0 Å². The van der Waals surface area contributed by atoms with Gasteiger partial charge in [-0.1, -0.05) is 18.2 Å². The number of carbonyl (C=O) groups excluding carboxylic acids is 2. The van der Waals surface area contributed by atoms with E-state index in [1.54, 1.807) is 50.4 Å². The number of carbonyl (C=O) groups is 2. The number of amides is 2. The van der Waals surface area contributed by atoms with Gasteiger partial charge < -0.3 is 24.4 Å². The molecule has 0 saturated heterocycles. The van der Waals surface area contributed by atoms with Crippen molar-refractivity contribution in [2.75, 3.05) is 35.4 Å². The maximum absolute atomic E-state index is 12.7. The van der Waals surface area contributed by atoms with Gasteiger partial charge in [0.25, 0.3) is 5.91 Å². The summed E-state index contributed by atoms with van der Waals surface area (Å²) in [4.78, 5) is 25.9. The lowest BCUT2D eigenvalue weighted by Gasteiger charge is -2.20. The fourth-order valence-corrected chi connectivity index (χ4v) is 2.87. The van der Waals surface area contributed by atoms with Crippen molar-refractivity contribution in [2.24, 2.45) is 0 Å². The van der Waals surface area contributed by atoms with Crippen molar-refractivity contribution in [2.45, 2.75) is 13.0 Å². The van der Waals surface area contributed by atoms with E-state index in [2.05, 4.69) is 5.32 Å². The highest BCUT2D eigenvalue weighted by atomic mass is 16.5. The molecule has 1 N–H and O–H groups in total. The van der Waals surface area contributed by atoms with Gasteiger partial charge in [0.1, 0.15) is 0 Å². The van der Waals surface area contributed by atoms with Gasteiger partial charge in [-0.25, -0.2) is 0 Å². The predicted octanol–water partition coefficient (Wildman–Crippen LogP) is 2.27. The van der Waals surface area contributed by atoms with Crippen LogP contribution in [-0.4, -0.2) is 52.1 Å². The van der Waals surface area contributed by atoms with E-state index < -0.39 is 0 Å². The summed E-state index contributed by atoms with van der Waals surface area (Å²) in [6.07, 6.45) is 0.163. The number of hydrogen-bond acceptors (Lipinski definition) is 5. The minimum atomic E-state index is -0.142. The van der Waals surface area contributed by atoms with E-state index in [0.717, 1.165) is 5.56 Å². The van der Waals surface area contributed by atoms with Crippen LogP contribution in [0.1, 0.15) is 21.5 Å². The predicted molar refractivity (Wildman–Crippen MR) is 106 cm³/mol. The monoisotopic (exact) mass is 386 g/mol. The second-order valence-electron chi connectivity index (χ2n) is 6.20. The molecule has 150 valence electrons. The first-order valence-electron chi connectivity index (χ1n) is 8.78. The molecule has 0 aromatic heterocycles. The van der Waals surface area contributed by atoms with Crippen molar-refractivity contribution in [3.05, 3.63) is 53.1 Å². The second kappa shape index (κ2) is 9.64. The van der Waals surface area contributed by atoms with E-state index in [4.69, 9.17) is 14.2 Å². The number of rotatable bonds is 8. The van der Waals surface area contributed by atoms with Gasteiger partial charge in [0.15, 0.2) is 11.5 Å². The zero-order valence-electron chi connectivity index (χ0n) is 16.9. The Morgan fingerprint density at radius 2 is 1.57 bits per heavy atom. The molecule has 0 aliphatic carbocycles. The van der Waals surface area contributed by atoms with Crippen molar-refractivity contribution in [1.29, 1.82) is 0 Å². The minimum Gasteiger partial charge on any atom is -0.493 e. The van der Waals surface area contributed by atoms with Crippen LogP contribution in [0.3, 0.4) is 0 Å². The molecule has 0 radical (unpaired) electrons. The summed E-state index contributed by atoms with van der Waals surface area (Å²) in [5.41, 5.74) is 2.23. The Morgan fingerprint density at radius 1 is 0.929 bits per heavy atom. The number of nitrogens with one attached hydrogen (secondary N) is 1. The molecule has 2 rings (SSSR count). The SMILES string of the molecule is CNC(=O)c1ccc(CN(C)C(=O)Cc2ccc(OC)c(OC)c2OC)cc1. The molecule has 0 spiro atoms. The minimum absolute atomic E-state index is 0.0686. The Kier molecular flexibility index (Phi) is 7.26. The largest absolute Gasteiger partial charge is 0.493 e. The van der Waals surface area contributed by atoms with Crippen LogP contribution in [0, 0.1) is 0 Å². The number of hydrogen-bond donors (Lipinski definition) is 1. The van der Waals surface area contributed by atoms with E-state index in [1.807, 2.05) is 12.1 Å². The topological polar surface area (TPSA) is 77.1 Å². The van der Waals surface area contributed by atoms with Crippen molar-refractivity contribution < 1.29 is 23.8 Å². The van der Waals surface area contributed by atoms with Crippen molar-refractivity contribution in [1.82, 2.24) is 10.2 Å². The lowest BCUT2D eigenvalue weighted by Crippen LogP contribution is -2.28. The number of ether oxygens (including phenoxy) is 3. The molecule has 0 unspecified atom stereocenters. The van der Waals surface area contributed by atoms with Gasteiger partial charge in [0.2, 0.25) is 11.7 Å². The molecule has 7 nitrogen and oxygen atoms in total. The molecule has 2 aromatic rings. The van der Waals surface area contributed by atoms with Crippen molar-refractivity contribution in [3.63, 3.8) is 0 Å². The van der Waals surface area contributed by atoms with Gasteiger partial charge in [-0.05, 0) is 23.8 Å². The standard InChI is InChI=1S/C21H26N2O5/c1-22-21(25)15-8-6-14(7-9-15)13-23(2)18(24)12-16-10-11-17(26-3)20(28-5)19(16)27-4/h6-11H,12-13H2,1-5H3,(H,22,25). The van der Waals surface area contributed by atoms with E-state index in [9.17, 15) is 9.59 Å². The van der Waals surface area contributed by atoms with Gasteiger partial charge in [-0.2, -0.15) is 0 Å². The molecule has 7 heteroatoms. The van der Waals surface area contributed by atoms with Crippen LogP contribution in [-0.2, 0) is 17.8 Å². The van der Waals surface area contributed by atoms with Crippen LogP contribution >= 0.6 is 0 Å². The third-order valence-corrected chi connectivity index (χ3v) is 4.42. The Balaban J connectivity index is 2.11. The van der Waals surface area contributed by atoms with Gasteiger partial charge in [0, 0.05) is 31.8 Å². The molecular weight excluding hydrogens is 360 g/mol. The lowest BCUT2D eigenvalue weighted by atomic mass is 10.1. The molecule has 0 fully saturated rings. The molecule has 2 amide bonds. The van der Waals surface area contributed by atoms with Crippen LogP contribution in [0.5, 0.6) is 17.2 Å². The number of likely N-dealkylation sites (N-methyl/N-ethyl adjacent to an activating group) is 1. The summed E-state index contributed by atoms with van der Waals surface area (Å²) < 4.78 is 16.1. The summed E-state index contributed by atoms with van der Waals surface area (Å²) in [5.74, 6) is 1.28. The van der Waals surface area contributed by atoms with E-state index in [1.165, 1.54) is 14.2 Å². The van der Waals surface area contributed by atoms with E-state index in [0.29, 0.717) is 34.9 Å². The van der Waals surface area contributed by atoms with Crippen molar-refractivity contribution >= 4 is 11.8 Å². The molecule has 0 atom stereocenters. The summed E-state index contributed by atoms with van der Waals surface area (Å²) in [6.45, 7) is 0.433. The van der Waals surface area contributed by atoms with Crippen molar-refractivity contribution in [3.8, 4) is 17.2 Å². The van der Waals surface area contributed by atoms with E-state index in [-0.39, 0.29) is 18.2 Å². The fraction of sp³-hybridized carbons (Fsp3) is 0.333.